The van der Waals surface area contributed by atoms with Crippen LogP contribution in [0.15, 0.2) is 71.6 Å². The second kappa shape index (κ2) is 9.83. The van der Waals surface area contributed by atoms with Gasteiger partial charge in [-0.3, -0.25) is 4.79 Å². The molecule has 3 aromatic carbocycles. The lowest BCUT2D eigenvalue weighted by Crippen LogP contribution is -2.28. The van der Waals surface area contributed by atoms with E-state index in [1.54, 1.807) is 0 Å². The summed E-state index contributed by atoms with van der Waals surface area (Å²) in [6, 6.07) is 13.4. The monoisotopic (exact) mass is 510 g/mol. The second-order valence-electron chi connectivity index (χ2n) is 7.20. The molecule has 34 heavy (non-hydrogen) atoms. The van der Waals surface area contributed by atoms with Gasteiger partial charge in [-0.05, 0) is 60.2 Å². The normalized spacial score (nSPS) is 12.6. The van der Waals surface area contributed by atoms with E-state index in [1.165, 1.54) is 18.2 Å². The molecule has 0 aliphatic rings. The molecule has 0 aliphatic carbocycles. The van der Waals surface area contributed by atoms with Crippen LogP contribution in [0.2, 0.25) is 5.02 Å². The molecule has 0 saturated carbocycles. The van der Waals surface area contributed by atoms with Crippen LogP contribution in [0.4, 0.5) is 23.2 Å². The number of alkyl halides is 3. The molecule has 0 radical (unpaired) electrons. The van der Waals surface area contributed by atoms with Crippen LogP contribution in [0.25, 0.3) is 0 Å². The first-order valence-corrected chi connectivity index (χ1v) is 11.6. The number of carbonyl (C=O) groups excluding carboxylic acids is 1. The number of nitrogens with zero attached hydrogens (tertiary/aromatic N) is 1. The number of nitrogens with one attached hydrogen (secondary N) is 1. The fourth-order valence-corrected chi connectivity index (χ4v) is 4.85. The maximum absolute atomic E-state index is 13.2. The van der Waals surface area contributed by atoms with Gasteiger partial charge in [0.1, 0.15) is 11.9 Å². The third-order valence-electron chi connectivity index (χ3n) is 4.87. The van der Waals surface area contributed by atoms with Gasteiger partial charge in [0.25, 0.3) is 0 Å². The largest absolute Gasteiger partial charge is 0.416 e. The third-order valence-corrected chi connectivity index (χ3v) is 6.95. The van der Waals surface area contributed by atoms with Crippen molar-refractivity contribution in [1.82, 2.24) is 0 Å². The molecule has 0 fully saturated rings. The first-order chi connectivity index (χ1) is 15.9. The van der Waals surface area contributed by atoms with Crippen molar-refractivity contribution in [3.63, 3.8) is 0 Å². The Morgan fingerprint density at radius 3 is 2.18 bits per heavy atom. The van der Waals surface area contributed by atoms with E-state index in [2.05, 4.69) is 5.32 Å². The molecule has 1 amide bonds. The highest BCUT2D eigenvalue weighted by Gasteiger charge is 2.32. The molecule has 1 atom stereocenters. The van der Waals surface area contributed by atoms with E-state index in [0.29, 0.717) is 0 Å². The Balaban J connectivity index is 1.97. The van der Waals surface area contributed by atoms with Crippen LogP contribution in [0.5, 0.6) is 0 Å². The van der Waals surface area contributed by atoms with E-state index in [4.69, 9.17) is 16.9 Å². The minimum absolute atomic E-state index is 0.0240. The molecule has 5 nitrogen and oxygen atoms in total. The fourth-order valence-electron chi connectivity index (χ4n) is 3.10. The van der Waals surface area contributed by atoms with Crippen LogP contribution in [0.1, 0.15) is 22.6 Å². The van der Waals surface area contributed by atoms with Crippen molar-refractivity contribution in [1.29, 1.82) is 5.26 Å². The molecular weight excluding hydrogens is 496 g/mol. The SMILES string of the molecule is N#Cc1ccc(NC(=O)C(CS(=O)(=O)c2ccc(F)cc2)c2ccc(C(F)(F)F)cc2)cc1Cl. The highest BCUT2D eigenvalue weighted by Crippen LogP contribution is 2.31. The Morgan fingerprint density at radius 2 is 1.65 bits per heavy atom. The third kappa shape index (κ3) is 5.92. The zero-order valence-electron chi connectivity index (χ0n) is 17.1. The maximum Gasteiger partial charge on any atom is 0.416 e. The molecule has 11 heteroatoms. The Morgan fingerprint density at radius 1 is 1.03 bits per heavy atom. The molecule has 3 rings (SSSR count). The summed E-state index contributed by atoms with van der Waals surface area (Å²) in [5, 5.41) is 11.5. The van der Waals surface area contributed by atoms with E-state index in [1.807, 2.05) is 6.07 Å². The molecule has 1 unspecified atom stereocenters. The summed E-state index contributed by atoms with van der Waals surface area (Å²) >= 11 is 5.96. The molecule has 0 saturated heterocycles. The number of amides is 1. The lowest BCUT2D eigenvalue weighted by atomic mass is 9.98. The van der Waals surface area contributed by atoms with E-state index in [0.717, 1.165) is 48.5 Å². The molecule has 1 N–H and O–H groups in total. The highest BCUT2D eigenvalue weighted by molar-refractivity contribution is 7.91. The predicted octanol–water partition coefficient (Wildman–Crippen LogP) is 5.57. The summed E-state index contributed by atoms with van der Waals surface area (Å²) in [6.07, 6.45) is -4.62. The second-order valence-corrected chi connectivity index (χ2v) is 9.64. The van der Waals surface area contributed by atoms with Gasteiger partial charge in [-0.25, -0.2) is 12.8 Å². The Labute approximate surface area is 197 Å². The summed E-state index contributed by atoms with van der Waals surface area (Å²) in [6.45, 7) is 0. The van der Waals surface area contributed by atoms with Gasteiger partial charge in [0.15, 0.2) is 9.84 Å². The number of hydrogen-bond acceptors (Lipinski definition) is 4. The van der Waals surface area contributed by atoms with Crippen molar-refractivity contribution in [2.75, 3.05) is 11.1 Å². The quantitative estimate of drug-likeness (QED) is 0.347. The summed E-state index contributed by atoms with van der Waals surface area (Å²) in [5.74, 6) is -3.69. The van der Waals surface area contributed by atoms with E-state index < -0.39 is 45.0 Å². The lowest BCUT2D eigenvalue weighted by molar-refractivity contribution is -0.137. The van der Waals surface area contributed by atoms with Crippen LogP contribution in [-0.4, -0.2) is 20.1 Å². The van der Waals surface area contributed by atoms with Crippen LogP contribution >= 0.6 is 11.6 Å². The number of sulfone groups is 1. The Bertz CT molecular complexity index is 1350. The van der Waals surface area contributed by atoms with Crippen molar-refractivity contribution in [3.8, 4) is 6.07 Å². The van der Waals surface area contributed by atoms with Gasteiger partial charge in [0.2, 0.25) is 5.91 Å². The number of halogens is 5. The van der Waals surface area contributed by atoms with Gasteiger partial charge in [-0.2, -0.15) is 18.4 Å². The van der Waals surface area contributed by atoms with Gasteiger partial charge >= 0.3 is 6.18 Å². The standard InChI is InChI=1S/C23H15ClF4N2O3S/c24-21-11-18(8-3-15(21)12-29)30-22(31)20(14-1-4-16(5-2-14)23(26,27)28)13-34(32,33)19-9-6-17(25)7-10-19/h1-11,20H,13H2,(H,30,31). The average Bonchev–Trinajstić information content (AvgIpc) is 2.77. The molecule has 0 spiro atoms. The highest BCUT2D eigenvalue weighted by atomic mass is 35.5. The summed E-state index contributed by atoms with van der Waals surface area (Å²) in [5.41, 5.74) is -0.630. The van der Waals surface area contributed by atoms with Crippen LogP contribution in [-0.2, 0) is 20.8 Å². The molecule has 0 aliphatic heterocycles. The smallest absolute Gasteiger partial charge is 0.325 e. The summed E-state index contributed by atoms with van der Waals surface area (Å²) < 4.78 is 77.9. The first-order valence-electron chi connectivity index (χ1n) is 9.57. The van der Waals surface area contributed by atoms with E-state index in [9.17, 15) is 30.8 Å². The molecule has 176 valence electrons. The fraction of sp³-hybridized carbons (Fsp3) is 0.130. The molecule has 3 aromatic rings. The summed E-state index contributed by atoms with van der Waals surface area (Å²) in [7, 11) is -4.14. The van der Waals surface area contributed by atoms with Gasteiger partial charge in [-0.1, -0.05) is 23.7 Å². The van der Waals surface area contributed by atoms with Crippen molar-refractivity contribution in [2.24, 2.45) is 0 Å². The number of rotatable bonds is 6. The Kier molecular flexibility index (Phi) is 7.29. The van der Waals surface area contributed by atoms with Crippen molar-refractivity contribution < 1.29 is 30.8 Å². The zero-order valence-corrected chi connectivity index (χ0v) is 18.7. The average molecular weight is 511 g/mol. The van der Waals surface area contributed by atoms with E-state index in [-0.39, 0.29) is 26.7 Å². The van der Waals surface area contributed by atoms with Crippen molar-refractivity contribution in [3.05, 3.63) is 94.3 Å². The maximum atomic E-state index is 13.2. The van der Waals surface area contributed by atoms with Crippen LogP contribution < -0.4 is 5.32 Å². The minimum Gasteiger partial charge on any atom is -0.325 e. The molecular formula is C23H15ClF4N2O3S. The van der Waals surface area contributed by atoms with Gasteiger partial charge in [-0.15, -0.1) is 0 Å². The van der Waals surface area contributed by atoms with Gasteiger partial charge < -0.3 is 5.32 Å². The summed E-state index contributed by atoms with van der Waals surface area (Å²) in [4.78, 5) is 12.8. The van der Waals surface area contributed by atoms with Crippen molar-refractivity contribution >= 4 is 33.0 Å². The molecule has 0 bridgehead atoms. The van der Waals surface area contributed by atoms with Gasteiger partial charge in [0, 0.05) is 5.69 Å². The number of carbonyl (C=O) groups is 1. The number of hydrogen-bond donors (Lipinski definition) is 1. The van der Waals surface area contributed by atoms with Crippen LogP contribution in [0.3, 0.4) is 0 Å². The van der Waals surface area contributed by atoms with Gasteiger partial charge in [0.05, 0.1) is 32.7 Å². The Hall–Kier alpha value is -3.42. The van der Waals surface area contributed by atoms with Crippen LogP contribution in [0, 0.1) is 17.1 Å². The zero-order chi connectivity index (χ0) is 25.1. The topological polar surface area (TPSA) is 87.0 Å². The van der Waals surface area contributed by atoms with E-state index >= 15 is 0 Å². The molecule has 0 heterocycles. The first kappa shape index (κ1) is 25.2. The molecule has 0 aromatic heterocycles. The minimum atomic E-state index is -4.62. The number of anilines is 1. The predicted molar refractivity (Wildman–Crippen MR) is 117 cm³/mol. The number of benzene rings is 3. The number of nitriles is 1. The lowest BCUT2D eigenvalue weighted by Gasteiger charge is -2.19. The van der Waals surface area contributed by atoms with Crippen molar-refractivity contribution in [2.45, 2.75) is 17.0 Å².